The Balaban J connectivity index is 1.21. The molecule has 7 nitrogen and oxygen atoms in total. The highest BCUT2D eigenvalue weighted by Gasteiger charge is 2.14. The summed E-state index contributed by atoms with van der Waals surface area (Å²) in [6.07, 6.45) is -0.601. The SMILES string of the molecule is CN=C(NCCOc1ccc2c(c1)OCO2)NCC(O)c1cc2ccccc2s1. The lowest BCUT2D eigenvalue weighted by Gasteiger charge is -2.15. The van der Waals surface area contributed by atoms with Crippen molar-refractivity contribution >= 4 is 27.4 Å². The third-order valence-electron chi connectivity index (χ3n) is 4.47. The van der Waals surface area contributed by atoms with Crippen LogP contribution in [0, 0.1) is 0 Å². The van der Waals surface area contributed by atoms with E-state index in [4.69, 9.17) is 14.2 Å². The van der Waals surface area contributed by atoms with E-state index >= 15 is 0 Å². The Labute approximate surface area is 172 Å². The van der Waals surface area contributed by atoms with E-state index in [0.29, 0.717) is 31.4 Å². The van der Waals surface area contributed by atoms with Crippen molar-refractivity contribution in [1.82, 2.24) is 10.6 Å². The van der Waals surface area contributed by atoms with E-state index in [9.17, 15) is 5.11 Å². The van der Waals surface area contributed by atoms with Crippen LogP contribution in [0.25, 0.3) is 10.1 Å². The first-order valence-electron chi connectivity index (χ1n) is 9.36. The fourth-order valence-corrected chi connectivity index (χ4v) is 4.04. The molecule has 4 rings (SSSR count). The minimum atomic E-state index is -0.601. The molecule has 0 aliphatic carbocycles. The number of hydrogen-bond acceptors (Lipinski definition) is 6. The van der Waals surface area contributed by atoms with Crippen molar-refractivity contribution in [2.45, 2.75) is 6.10 Å². The average molecular weight is 413 g/mol. The Kier molecular flexibility index (Phi) is 6.02. The molecule has 8 heteroatoms. The summed E-state index contributed by atoms with van der Waals surface area (Å²) in [4.78, 5) is 5.11. The lowest BCUT2D eigenvalue weighted by Crippen LogP contribution is -2.41. The first-order chi connectivity index (χ1) is 14.2. The standard InChI is InChI=1S/C21H23N3O4S/c1-22-21(23-8-9-26-15-6-7-17-18(11-15)28-13-27-17)24-12-16(25)20-10-14-4-2-3-5-19(14)29-20/h2-7,10-11,16,25H,8-9,12-13H2,1H3,(H2,22,23,24). The molecule has 1 atom stereocenters. The topological polar surface area (TPSA) is 84.3 Å². The van der Waals surface area contributed by atoms with Gasteiger partial charge in [-0.25, -0.2) is 0 Å². The van der Waals surface area contributed by atoms with Gasteiger partial charge in [0.05, 0.1) is 6.54 Å². The summed E-state index contributed by atoms with van der Waals surface area (Å²) in [5.74, 6) is 2.76. The summed E-state index contributed by atoms with van der Waals surface area (Å²) < 4.78 is 17.5. The Hall–Kier alpha value is -2.97. The van der Waals surface area contributed by atoms with Gasteiger partial charge in [0.2, 0.25) is 6.79 Å². The van der Waals surface area contributed by atoms with Crippen LogP contribution in [0.3, 0.4) is 0 Å². The van der Waals surface area contributed by atoms with Crippen molar-refractivity contribution < 1.29 is 19.3 Å². The molecule has 1 aliphatic rings. The van der Waals surface area contributed by atoms with E-state index in [-0.39, 0.29) is 6.79 Å². The Morgan fingerprint density at radius 3 is 2.90 bits per heavy atom. The van der Waals surface area contributed by atoms with Crippen LogP contribution in [0.5, 0.6) is 17.2 Å². The number of nitrogens with zero attached hydrogens (tertiary/aromatic N) is 1. The van der Waals surface area contributed by atoms with Crippen LogP contribution in [-0.4, -0.2) is 44.6 Å². The molecule has 29 heavy (non-hydrogen) atoms. The monoisotopic (exact) mass is 413 g/mol. The number of guanidine groups is 1. The number of aliphatic hydroxyl groups is 1. The molecule has 0 fully saturated rings. The Morgan fingerprint density at radius 1 is 1.17 bits per heavy atom. The Bertz CT molecular complexity index is 972. The molecule has 1 unspecified atom stereocenters. The van der Waals surface area contributed by atoms with Crippen LogP contribution in [0.15, 0.2) is 53.5 Å². The van der Waals surface area contributed by atoms with Gasteiger partial charge in [0, 0.05) is 29.2 Å². The number of aliphatic hydroxyl groups excluding tert-OH is 1. The highest BCUT2D eigenvalue weighted by atomic mass is 32.1. The second-order valence-electron chi connectivity index (χ2n) is 6.45. The Morgan fingerprint density at radius 2 is 2.03 bits per heavy atom. The van der Waals surface area contributed by atoms with Crippen LogP contribution < -0.4 is 24.8 Å². The number of nitrogens with one attached hydrogen (secondary N) is 2. The predicted molar refractivity (Wildman–Crippen MR) is 114 cm³/mol. The summed E-state index contributed by atoms with van der Waals surface area (Å²) >= 11 is 1.60. The zero-order valence-corrected chi connectivity index (χ0v) is 16.9. The lowest BCUT2D eigenvalue weighted by molar-refractivity contribution is 0.173. The van der Waals surface area contributed by atoms with Gasteiger partial charge in [-0.1, -0.05) is 18.2 Å². The molecule has 2 heterocycles. The number of benzene rings is 2. The first kappa shape index (κ1) is 19.4. The van der Waals surface area contributed by atoms with Crippen molar-refractivity contribution in [3.8, 4) is 17.2 Å². The molecule has 1 aliphatic heterocycles. The van der Waals surface area contributed by atoms with Crippen LogP contribution in [0.4, 0.5) is 0 Å². The van der Waals surface area contributed by atoms with Gasteiger partial charge in [0.1, 0.15) is 18.5 Å². The molecule has 3 aromatic rings. The van der Waals surface area contributed by atoms with Gasteiger partial charge in [-0.05, 0) is 29.7 Å². The number of ether oxygens (including phenoxy) is 3. The van der Waals surface area contributed by atoms with Gasteiger partial charge in [-0.2, -0.15) is 0 Å². The predicted octanol–water partition coefficient (Wildman–Crippen LogP) is 2.91. The van der Waals surface area contributed by atoms with Crippen molar-refractivity contribution in [1.29, 1.82) is 0 Å². The molecule has 0 spiro atoms. The highest BCUT2D eigenvalue weighted by Crippen LogP contribution is 2.35. The van der Waals surface area contributed by atoms with Gasteiger partial charge in [-0.3, -0.25) is 4.99 Å². The molecule has 2 aromatic carbocycles. The second kappa shape index (κ2) is 9.02. The van der Waals surface area contributed by atoms with Gasteiger partial charge in [0.15, 0.2) is 17.5 Å². The van der Waals surface area contributed by atoms with Gasteiger partial charge in [-0.15, -0.1) is 11.3 Å². The summed E-state index contributed by atoms with van der Waals surface area (Å²) in [6, 6.07) is 15.6. The number of fused-ring (bicyclic) bond motifs is 2. The number of hydrogen-bond donors (Lipinski definition) is 3. The van der Waals surface area contributed by atoms with E-state index in [1.807, 2.05) is 36.4 Å². The molecular weight excluding hydrogens is 390 g/mol. The quantitative estimate of drug-likeness (QED) is 0.314. The summed E-state index contributed by atoms with van der Waals surface area (Å²) in [5.41, 5.74) is 0. The van der Waals surface area contributed by atoms with Gasteiger partial charge >= 0.3 is 0 Å². The average Bonchev–Trinajstić information content (AvgIpc) is 3.39. The first-order valence-corrected chi connectivity index (χ1v) is 10.2. The molecule has 3 N–H and O–H groups in total. The number of thiophene rings is 1. The zero-order valence-electron chi connectivity index (χ0n) is 16.1. The minimum absolute atomic E-state index is 0.246. The normalized spacial score (nSPS) is 14.1. The van der Waals surface area contributed by atoms with Crippen LogP contribution in [0.1, 0.15) is 11.0 Å². The largest absolute Gasteiger partial charge is 0.492 e. The summed E-state index contributed by atoms with van der Waals surface area (Å²) in [5, 5.41) is 18.0. The maximum absolute atomic E-state index is 10.5. The molecule has 1 aromatic heterocycles. The smallest absolute Gasteiger partial charge is 0.231 e. The molecule has 0 saturated carbocycles. The summed E-state index contributed by atoms with van der Waals surface area (Å²) in [6.45, 7) is 1.64. The molecule has 0 saturated heterocycles. The highest BCUT2D eigenvalue weighted by molar-refractivity contribution is 7.19. The maximum atomic E-state index is 10.5. The van der Waals surface area contributed by atoms with Gasteiger partial charge < -0.3 is 30.0 Å². The lowest BCUT2D eigenvalue weighted by atomic mass is 10.2. The third-order valence-corrected chi connectivity index (χ3v) is 5.68. The maximum Gasteiger partial charge on any atom is 0.231 e. The molecule has 152 valence electrons. The summed E-state index contributed by atoms with van der Waals surface area (Å²) in [7, 11) is 1.69. The fourth-order valence-electron chi connectivity index (χ4n) is 2.99. The van der Waals surface area contributed by atoms with Crippen molar-refractivity contribution in [2.24, 2.45) is 4.99 Å². The van der Waals surface area contributed by atoms with E-state index in [0.717, 1.165) is 21.8 Å². The van der Waals surface area contributed by atoms with E-state index in [2.05, 4.69) is 27.8 Å². The van der Waals surface area contributed by atoms with Crippen molar-refractivity contribution in [3.05, 3.63) is 53.4 Å². The second-order valence-corrected chi connectivity index (χ2v) is 7.56. The zero-order chi connectivity index (χ0) is 20.1. The van der Waals surface area contributed by atoms with E-state index in [1.165, 1.54) is 4.70 Å². The minimum Gasteiger partial charge on any atom is -0.492 e. The molecular formula is C21H23N3O4S. The van der Waals surface area contributed by atoms with Crippen LogP contribution in [-0.2, 0) is 0 Å². The third kappa shape index (κ3) is 4.72. The van der Waals surface area contributed by atoms with Crippen molar-refractivity contribution in [3.63, 3.8) is 0 Å². The van der Waals surface area contributed by atoms with E-state index in [1.54, 1.807) is 18.4 Å². The van der Waals surface area contributed by atoms with Crippen molar-refractivity contribution in [2.75, 3.05) is 33.5 Å². The van der Waals surface area contributed by atoms with Crippen LogP contribution >= 0.6 is 11.3 Å². The fraction of sp³-hybridized carbons (Fsp3) is 0.286. The van der Waals surface area contributed by atoms with Gasteiger partial charge in [0.25, 0.3) is 0 Å². The number of rotatable bonds is 7. The number of aliphatic imine (C=N–C) groups is 1. The van der Waals surface area contributed by atoms with E-state index < -0.39 is 6.10 Å². The molecule has 0 amide bonds. The molecule has 0 bridgehead atoms. The molecule has 0 radical (unpaired) electrons. The van der Waals surface area contributed by atoms with Crippen LogP contribution in [0.2, 0.25) is 0 Å².